The molecule has 3 aromatic rings. The molecule has 0 spiro atoms. The SMILES string of the molecule is CC(=O)O[C@@H](C)c1c2ccc(B(O)O)c1[C@H]1C[C@@H]2CC2=C1C(=O)c1cc3ccccc3cc1C2=O. The number of fused-ring (bicyclic) bond motifs is 9. The lowest BCUT2D eigenvalue weighted by atomic mass is 9.57. The smallest absolute Gasteiger partial charge is 0.458 e. The van der Waals surface area contributed by atoms with Crippen LogP contribution in [0.5, 0.6) is 0 Å². The average Bonchev–Trinajstić information content (AvgIpc) is 2.83. The molecule has 6 nitrogen and oxygen atoms in total. The molecule has 0 heterocycles. The summed E-state index contributed by atoms with van der Waals surface area (Å²) in [7, 11) is -1.77. The van der Waals surface area contributed by atoms with E-state index < -0.39 is 25.1 Å². The number of ether oxygens (including phenoxy) is 1. The van der Waals surface area contributed by atoms with E-state index in [4.69, 9.17) is 4.74 Å². The monoisotopic (exact) mass is 466 g/mol. The first-order chi connectivity index (χ1) is 16.8. The Balaban J connectivity index is 1.58. The van der Waals surface area contributed by atoms with E-state index in [1.165, 1.54) is 6.92 Å². The zero-order valence-corrected chi connectivity index (χ0v) is 19.4. The molecule has 2 N–H and O–H groups in total. The molecule has 7 heteroatoms. The normalized spacial score (nSPS) is 20.9. The van der Waals surface area contributed by atoms with Crippen LogP contribution in [-0.2, 0) is 9.53 Å². The number of carbonyl (C=O) groups is 3. The summed E-state index contributed by atoms with van der Waals surface area (Å²) in [6.45, 7) is 3.08. The molecule has 6 rings (SSSR count). The first-order valence-corrected chi connectivity index (χ1v) is 11.8. The van der Waals surface area contributed by atoms with E-state index in [2.05, 4.69) is 0 Å². The third kappa shape index (κ3) is 3.15. The van der Waals surface area contributed by atoms with Crippen molar-refractivity contribution in [3.8, 4) is 0 Å². The number of hydrogen-bond donors (Lipinski definition) is 2. The summed E-state index contributed by atoms with van der Waals surface area (Å²) in [6, 6.07) is 14.7. The molecule has 3 aliphatic rings. The van der Waals surface area contributed by atoms with Gasteiger partial charge in [-0.3, -0.25) is 14.4 Å². The maximum Gasteiger partial charge on any atom is 0.488 e. The van der Waals surface area contributed by atoms with Crippen LogP contribution in [0.1, 0.15) is 82.0 Å². The van der Waals surface area contributed by atoms with E-state index in [1.54, 1.807) is 25.1 Å². The lowest BCUT2D eigenvalue weighted by molar-refractivity contribution is -0.145. The first kappa shape index (κ1) is 22.0. The van der Waals surface area contributed by atoms with Crippen molar-refractivity contribution >= 4 is 40.9 Å². The minimum absolute atomic E-state index is 0.0390. The molecular formula is C28H23BO6. The number of Topliss-reactive ketones (excluding diaryl/α,β-unsaturated/α-hetero) is 2. The fourth-order valence-corrected chi connectivity index (χ4v) is 6.39. The van der Waals surface area contributed by atoms with Gasteiger partial charge < -0.3 is 14.8 Å². The third-order valence-corrected chi connectivity index (χ3v) is 7.71. The van der Waals surface area contributed by atoms with E-state index >= 15 is 0 Å². The van der Waals surface area contributed by atoms with Gasteiger partial charge in [-0.25, -0.2) is 0 Å². The largest absolute Gasteiger partial charge is 0.488 e. The Labute approximate surface area is 202 Å². The van der Waals surface area contributed by atoms with Crippen LogP contribution in [-0.4, -0.2) is 34.7 Å². The molecular weight excluding hydrogens is 443 g/mol. The number of esters is 1. The van der Waals surface area contributed by atoms with Gasteiger partial charge in [-0.05, 0) is 70.7 Å². The third-order valence-electron chi connectivity index (χ3n) is 7.71. The van der Waals surface area contributed by atoms with E-state index in [1.807, 2.05) is 30.3 Å². The second kappa shape index (κ2) is 7.73. The number of allylic oxidation sites excluding steroid dienone is 2. The summed E-state index contributed by atoms with van der Waals surface area (Å²) < 4.78 is 5.51. The Morgan fingerprint density at radius 1 is 1.03 bits per heavy atom. The van der Waals surface area contributed by atoms with Gasteiger partial charge in [0.25, 0.3) is 0 Å². The molecule has 0 radical (unpaired) electrons. The lowest BCUT2D eigenvalue weighted by Gasteiger charge is -2.43. The Morgan fingerprint density at radius 3 is 2.31 bits per heavy atom. The molecule has 3 atom stereocenters. The Morgan fingerprint density at radius 2 is 1.69 bits per heavy atom. The summed E-state index contributed by atoms with van der Waals surface area (Å²) in [4.78, 5) is 39.5. The van der Waals surface area contributed by atoms with Crippen molar-refractivity contribution in [3.63, 3.8) is 0 Å². The summed E-state index contributed by atoms with van der Waals surface area (Å²) in [5.41, 5.74) is 4.23. The maximum absolute atomic E-state index is 14.0. The minimum atomic E-state index is -1.77. The molecule has 3 aromatic carbocycles. The van der Waals surface area contributed by atoms with Gasteiger partial charge in [0.2, 0.25) is 0 Å². The fourth-order valence-electron chi connectivity index (χ4n) is 6.39. The van der Waals surface area contributed by atoms with Crippen molar-refractivity contribution in [1.29, 1.82) is 0 Å². The molecule has 4 bridgehead atoms. The van der Waals surface area contributed by atoms with Crippen LogP contribution < -0.4 is 5.46 Å². The minimum Gasteiger partial charge on any atom is -0.458 e. The van der Waals surface area contributed by atoms with Crippen LogP contribution in [0.4, 0.5) is 0 Å². The predicted molar refractivity (Wildman–Crippen MR) is 131 cm³/mol. The molecule has 3 aliphatic carbocycles. The number of hydrogen-bond acceptors (Lipinski definition) is 6. The van der Waals surface area contributed by atoms with Crippen molar-refractivity contribution < 1.29 is 29.2 Å². The molecule has 0 amide bonds. The molecule has 0 saturated heterocycles. The van der Waals surface area contributed by atoms with Gasteiger partial charge in [0.15, 0.2) is 11.6 Å². The summed E-state index contributed by atoms with van der Waals surface area (Å²) in [5, 5.41) is 22.2. The second-order valence-corrected chi connectivity index (χ2v) is 9.68. The molecule has 0 unspecified atom stereocenters. The summed E-state index contributed by atoms with van der Waals surface area (Å²) >= 11 is 0. The summed E-state index contributed by atoms with van der Waals surface area (Å²) in [5.74, 6) is -1.30. The van der Waals surface area contributed by atoms with Crippen LogP contribution in [0.3, 0.4) is 0 Å². The second-order valence-electron chi connectivity index (χ2n) is 9.68. The van der Waals surface area contributed by atoms with E-state index in [9.17, 15) is 24.4 Å². The average molecular weight is 466 g/mol. The van der Waals surface area contributed by atoms with Crippen molar-refractivity contribution in [2.24, 2.45) is 0 Å². The molecule has 174 valence electrons. The quantitative estimate of drug-likeness (QED) is 0.453. The van der Waals surface area contributed by atoms with Gasteiger partial charge in [0.05, 0.1) is 0 Å². The number of rotatable bonds is 3. The highest BCUT2D eigenvalue weighted by atomic mass is 16.5. The highest BCUT2D eigenvalue weighted by molar-refractivity contribution is 6.59. The number of ketones is 2. The zero-order chi connectivity index (χ0) is 24.6. The van der Waals surface area contributed by atoms with Crippen molar-refractivity contribution in [1.82, 2.24) is 0 Å². The van der Waals surface area contributed by atoms with E-state index in [0.29, 0.717) is 46.2 Å². The molecule has 0 aliphatic heterocycles. The van der Waals surface area contributed by atoms with Gasteiger partial charge in [-0.15, -0.1) is 0 Å². The van der Waals surface area contributed by atoms with Crippen LogP contribution >= 0.6 is 0 Å². The van der Waals surface area contributed by atoms with E-state index in [-0.39, 0.29) is 22.9 Å². The van der Waals surface area contributed by atoms with Crippen molar-refractivity contribution in [3.05, 3.63) is 87.5 Å². The van der Waals surface area contributed by atoms with Crippen molar-refractivity contribution in [2.45, 2.75) is 44.6 Å². The molecule has 0 saturated carbocycles. The Bertz CT molecular complexity index is 1500. The van der Waals surface area contributed by atoms with Gasteiger partial charge >= 0.3 is 13.1 Å². The predicted octanol–water partition coefficient (Wildman–Crippen LogP) is 3.49. The summed E-state index contributed by atoms with van der Waals surface area (Å²) in [6.07, 6.45) is 0.375. The van der Waals surface area contributed by atoms with Gasteiger partial charge in [0.1, 0.15) is 6.10 Å². The fraction of sp³-hybridized carbons (Fsp3) is 0.250. The highest BCUT2D eigenvalue weighted by Crippen LogP contribution is 2.54. The van der Waals surface area contributed by atoms with Crippen LogP contribution in [0, 0.1) is 0 Å². The van der Waals surface area contributed by atoms with E-state index in [0.717, 1.165) is 16.3 Å². The van der Waals surface area contributed by atoms with Crippen LogP contribution in [0.2, 0.25) is 0 Å². The molecule has 0 aromatic heterocycles. The van der Waals surface area contributed by atoms with Crippen molar-refractivity contribution in [2.75, 3.05) is 0 Å². The standard InChI is InChI=1S/C28H23BO6/c1-13(35-14(2)30)24-18-7-8-23(29(33)34)26(24)21-11-17(18)12-22-25(21)28(32)20-10-16-6-4-3-5-15(16)9-19(20)27(22)31/h3-10,13,17,21,33-34H,11-12H2,1-2H3/t13-,17+,21-/m0/s1. The van der Waals surface area contributed by atoms with Crippen LogP contribution in [0.15, 0.2) is 59.7 Å². The van der Waals surface area contributed by atoms with Gasteiger partial charge in [0, 0.05) is 35.1 Å². The number of benzene rings is 3. The Hall–Kier alpha value is -3.55. The van der Waals surface area contributed by atoms with Crippen LogP contribution in [0.25, 0.3) is 10.8 Å². The number of carbonyl (C=O) groups excluding carboxylic acids is 3. The molecule has 35 heavy (non-hydrogen) atoms. The first-order valence-electron chi connectivity index (χ1n) is 11.8. The van der Waals surface area contributed by atoms with Gasteiger partial charge in [-0.2, -0.15) is 0 Å². The van der Waals surface area contributed by atoms with Gasteiger partial charge in [-0.1, -0.05) is 36.4 Å². The highest BCUT2D eigenvalue weighted by Gasteiger charge is 2.47. The topological polar surface area (TPSA) is 101 Å². The maximum atomic E-state index is 14.0. The zero-order valence-electron chi connectivity index (χ0n) is 19.4. The lowest BCUT2D eigenvalue weighted by Crippen LogP contribution is -2.42. The Kier molecular flexibility index (Phi) is 4.85. The molecule has 0 fully saturated rings.